The predicted molar refractivity (Wildman–Crippen MR) is 89.0 cm³/mol. The molecule has 0 radical (unpaired) electrons. The molecule has 0 aromatic heterocycles. The third-order valence-electron chi connectivity index (χ3n) is 4.84. The summed E-state index contributed by atoms with van der Waals surface area (Å²) in [5.74, 6) is -0.0339. The molecule has 7 heteroatoms. The molecule has 3 N–H and O–H groups in total. The number of benzene rings is 1. The molecule has 3 aliphatic heterocycles. The number of carbonyl (C=O) groups is 1. The lowest BCUT2D eigenvalue weighted by molar-refractivity contribution is -0.122. The Morgan fingerprint density at radius 1 is 1.33 bits per heavy atom. The van der Waals surface area contributed by atoms with Crippen molar-refractivity contribution >= 4 is 11.6 Å². The average Bonchev–Trinajstić information content (AvgIpc) is 3.22. The molecule has 2 saturated heterocycles. The van der Waals surface area contributed by atoms with Crippen LogP contribution >= 0.6 is 0 Å². The number of hydrogen-bond acceptors (Lipinski definition) is 6. The Morgan fingerprint density at radius 3 is 2.92 bits per heavy atom. The zero-order valence-electron chi connectivity index (χ0n) is 13.5. The zero-order chi connectivity index (χ0) is 16.7. The number of nitrogens with zero attached hydrogens (tertiary/aromatic N) is 3. The van der Waals surface area contributed by atoms with Gasteiger partial charge in [-0.05, 0) is 25.0 Å². The molecule has 124 valence electrons. The first-order chi connectivity index (χ1) is 11.7. The Bertz CT molecular complexity index is 739. The Balaban J connectivity index is 1.50. The van der Waals surface area contributed by atoms with Crippen LogP contribution in [-0.4, -0.2) is 36.4 Å². The van der Waals surface area contributed by atoms with Gasteiger partial charge in [-0.1, -0.05) is 18.2 Å². The van der Waals surface area contributed by atoms with Gasteiger partial charge in [-0.3, -0.25) is 20.0 Å². The van der Waals surface area contributed by atoms with Gasteiger partial charge in [0.05, 0.1) is 23.2 Å². The van der Waals surface area contributed by atoms with E-state index in [1.54, 1.807) is 0 Å². The predicted octanol–water partition coefficient (Wildman–Crippen LogP) is 0.378. The summed E-state index contributed by atoms with van der Waals surface area (Å²) in [6.45, 7) is 3.53. The minimum absolute atomic E-state index is 0.0423. The van der Waals surface area contributed by atoms with Crippen molar-refractivity contribution in [2.75, 3.05) is 18.1 Å². The third kappa shape index (κ3) is 2.55. The number of likely N-dealkylation sites (tertiary alicyclic amines) is 1. The lowest BCUT2D eigenvalue weighted by Crippen LogP contribution is -2.66. The van der Waals surface area contributed by atoms with Crippen LogP contribution in [0.5, 0.6) is 0 Å². The molecular formula is C17H20N6O. The van der Waals surface area contributed by atoms with Gasteiger partial charge in [0.2, 0.25) is 0 Å². The topological polar surface area (TPSA) is 83.4 Å². The first-order valence-electron chi connectivity index (χ1n) is 8.19. The number of para-hydroxylation sites is 1. The van der Waals surface area contributed by atoms with E-state index in [-0.39, 0.29) is 24.3 Å². The van der Waals surface area contributed by atoms with Crippen molar-refractivity contribution < 1.29 is 4.79 Å². The standard InChI is InChI=1S/C17H20N6O/c1-11-4-2-3-5-14(11)23-10-13-15(21-23)19-17(20-16(13)24)22-7-6-12(8-18)9-22/h2-5,10,12,15,17,19,21H,6-7,9H2,1H3,(H,20,24). The molecule has 0 aliphatic carbocycles. The van der Waals surface area contributed by atoms with Gasteiger partial charge >= 0.3 is 0 Å². The van der Waals surface area contributed by atoms with Crippen LogP contribution in [-0.2, 0) is 4.79 Å². The molecule has 24 heavy (non-hydrogen) atoms. The molecular weight excluding hydrogens is 304 g/mol. The second kappa shape index (κ2) is 5.91. The Morgan fingerprint density at radius 2 is 2.17 bits per heavy atom. The van der Waals surface area contributed by atoms with Crippen LogP contribution < -0.4 is 21.1 Å². The van der Waals surface area contributed by atoms with Gasteiger partial charge in [0.1, 0.15) is 12.5 Å². The first kappa shape index (κ1) is 15.1. The number of amides is 1. The van der Waals surface area contributed by atoms with Crippen molar-refractivity contribution in [1.29, 1.82) is 5.26 Å². The van der Waals surface area contributed by atoms with Crippen LogP contribution in [0, 0.1) is 24.2 Å². The lowest BCUT2D eigenvalue weighted by atomic mass is 10.1. The van der Waals surface area contributed by atoms with Gasteiger partial charge in [0, 0.05) is 19.3 Å². The molecule has 3 aliphatic rings. The van der Waals surface area contributed by atoms with Gasteiger partial charge in [-0.25, -0.2) is 5.43 Å². The van der Waals surface area contributed by atoms with E-state index in [0.717, 1.165) is 24.2 Å². The number of anilines is 1. The fourth-order valence-electron chi connectivity index (χ4n) is 3.48. The number of hydrazine groups is 1. The highest BCUT2D eigenvalue weighted by atomic mass is 16.2. The molecule has 7 nitrogen and oxygen atoms in total. The van der Waals surface area contributed by atoms with E-state index >= 15 is 0 Å². The maximum atomic E-state index is 12.5. The number of rotatable bonds is 2. The number of carbonyl (C=O) groups excluding carboxylic acids is 1. The average molecular weight is 324 g/mol. The molecule has 3 heterocycles. The number of fused-ring (bicyclic) bond motifs is 1. The highest BCUT2D eigenvalue weighted by Crippen LogP contribution is 2.26. The summed E-state index contributed by atoms with van der Waals surface area (Å²) in [4.78, 5) is 14.6. The van der Waals surface area contributed by atoms with Gasteiger partial charge < -0.3 is 5.32 Å². The molecule has 3 atom stereocenters. The van der Waals surface area contributed by atoms with Gasteiger partial charge in [-0.2, -0.15) is 5.26 Å². The quantitative estimate of drug-likeness (QED) is 0.729. The van der Waals surface area contributed by atoms with Crippen molar-refractivity contribution in [3.63, 3.8) is 0 Å². The van der Waals surface area contributed by atoms with Gasteiger partial charge in [0.25, 0.3) is 5.91 Å². The molecule has 3 unspecified atom stereocenters. The van der Waals surface area contributed by atoms with E-state index in [1.807, 2.05) is 42.4 Å². The van der Waals surface area contributed by atoms with Crippen molar-refractivity contribution in [3.05, 3.63) is 41.6 Å². The normalized spacial score (nSPS) is 29.8. The maximum Gasteiger partial charge on any atom is 0.254 e. The monoisotopic (exact) mass is 324 g/mol. The third-order valence-corrected chi connectivity index (χ3v) is 4.84. The first-order valence-corrected chi connectivity index (χ1v) is 8.19. The molecule has 0 saturated carbocycles. The summed E-state index contributed by atoms with van der Waals surface area (Å²) >= 11 is 0. The Labute approximate surface area is 140 Å². The second-order valence-corrected chi connectivity index (χ2v) is 6.46. The van der Waals surface area contributed by atoms with Gasteiger partial charge in [-0.15, -0.1) is 0 Å². The Hall–Kier alpha value is -2.40. The van der Waals surface area contributed by atoms with E-state index in [2.05, 4.69) is 27.0 Å². The van der Waals surface area contributed by atoms with Crippen LogP contribution in [0.15, 0.2) is 36.0 Å². The molecule has 1 aromatic rings. The minimum Gasteiger partial charge on any atom is -0.324 e. The largest absolute Gasteiger partial charge is 0.324 e. The minimum atomic E-state index is -0.248. The maximum absolute atomic E-state index is 12.5. The van der Waals surface area contributed by atoms with E-state index < -0.39 is 0 Å². The van der Waals surface area contributed by atoms with Crippen molar-refractivity contribution in [2.24, 2.45) is 5.92 Å². The summed E-state index contributed by atoms with van der Waals surface area (Å²) in [5.41, 5.74) is 6.17. The SMILES string of the molecule is Cc1ccccc1N1C=C2C(=O)NC(N3CCC(C#N)C3)NC2N1. The van der Waals surface area contributed by atoms with Crippen LogP contribution in [0.25, 0.3) is 0 Å². The van der Waals surface area contributed by atoms with Crippen molar-refractivity contribution in [2.45, 2.75) is 25.8 Å². The second-order valence-electron chi connectivity index (χ2n) is 6.46. The molecule has 4 rings (SSSR count). The van der Waals surface area contributed by atoms with Crippen molar-refractivity contribution in [1.82, 2.24) is 21.0 Å². The number of nitrogens with one attached hydrogen (secondary N) is 3. The molecule has 0 spiro atoms. The summed E-state index contributed by atoms with van der Waals surface area (Å²) in [6, 6.07) is 10.3. The molecule has 2 fully saturated rings. The molecule has 1 amide bonds. The summed E-state index contributed by atoms with van der Waals surface area (Å²) in [7, 11) is 0. The Kier molecular flexibility index (Phi) is 3.73. The van der Waals surface area contributed by atoms with Crippen LogP contribution in [0.1, 0.15) is 12.0 Å². The summed E-state index contributed by atoms with van der Waals surface area (Å²) in [5, 5.41) is 17.4. The number of nitriles is 1. The van der Waals surface area contributed by atoms with Crippen molar-refractivity contribution in [3.8, 4) is 6.07 Å². The van der Waals surface area contributed by atoms with E-state index in [4.69, 9.17) is 5.26 Å². The molecule has 1 aromatic carbocycles. The summed E-state index contributed by atoms with van der Waals surface area (Å²) in [6.07, 6.45) is 2.21. The summed E-state index contributed by atoms with van der Waals surface area (Å²) < 4.78 is 0. The highest BCUT2D eigenvalue weighted by molar-refractivity contribution is 5.96. The fraction of sp³-hybridized carbons (Fsp3) is 0.412. The van der Waals surface area contributed by atoms with E-state index in [1.165, 1.54) is 0 Å². The van der Waals surface area contributed by atoms with Gasteiger partial charge in [0.15, 0.2) is 0 Å². The number of aryl methyl sites for hydroxylation is 1. The fourth-order valence-corrected chi connectivity index (χ4v) is 3.48. The smallest absolute Gasteiger partial charge is 0.254 e. The highest BCUT2D eigenvalue weighted by Gasteiger charge is 2.40. The number of hydrogen-bond donors (Lipinski definition) is 3. The lowest BCUT2D eigenvalue weighted by Gasteiger charge is -2.36. The van der Waals surface area contributed by atoms with Crippen LogP contribution in [0.4, 0.5) is 5.69 Å². The molecule has 0 bridgehead atoms. The van der Waals surface area contributed by atoms with E-state index in [9.17, 15) is 4.79 Å². The van der Waals surface area contributed by atoms with Crippen LogP contribution in [0.3, 0.4) is 0 Å². The van der Waals surface area contributed by atoms with Crippen LogP contribution in [0.2, 0.25) is 0 Å². The van der Waals surface area contributed by atoms with E-state index in [0.29, 0.717) is 12.1 Å². The zero-order valence-corrected chi connectivity index (χ0v) is 13.5.